The molecule has 0 radical (unpaired) electrons. The van der Waals surface area contributed by atoms with E-state index < -0.39 is 18.6 Å². The van der Waals surface area contributed by atoms with Crippen molar-refractivity contribution in [2.45, 2.75) is 32.0 Å². The molecule has 2 heterocycles. The van der Waals surface area contributed by atoms with Crippen molar-refractivity contribution >= 4 is 0 Å². The molecule has 1 N–H and O–H groups in total. The minimum absolute atomic E-state index is 0.427. The van der Waals surface area contributed by atoms with Crippen molar-refractivity contribution in [2.75, 3.05) is 26.2 Å². The Kier molecular flexibility index (Phi) is 4.52. The second-order valence-corrected chi connectivity index (χ2v) is 4.78. The highest BCUT2D eigenvalue weighted by Gasteiger charge is 2.37. The van der Waals surface area contributed by atoms with Crippen LogP contribution in [0.5, 0.6) is 0 Å². The lowest BCUT2D eigenvalue weighted by Gasteiger charge is -2.34. The summed E-state index contributed by atoms with van der Waals surface area (Å²) in [5, 5.41) is 3.15. The van der Waals surface area contributed by atoms with E-state index in [2.05, 4.69) is 5.32 Å². The zero-order chi connectivity index (χ0) is 13.9. The molecule has 1 fully saturated rings. The highest BCUT2D eigenvalue weighted by molar-refractivity contribution is 5.11. The summed E-state index contributed by atoms with van der Waals surface area (Å²) in [6.07, 6.45) is -4.35. The molecule has 0 bridgehead atoms. The molecule has 6 heteroatoms. The molecule has 1 aromatic rings. The van der Waals surface area contributed by atoms with Crippen LogP contribution in [0, 0.1) is 0 Å². The molecular formula is C13H19F3N2O. The van der Waals surface area contributed by atoms with Gasteiger partial charge in [0.15, 0.2) is 0 Å². The lowest BCUT2D eigenvalue weighted by atomic mass is 10.1. The van der Waals surface area contributed by atoms with Gasteiger partial charge in [-0.05, 0) is 12.1 Å². The summed E-state index contributed by atoms with van der Waals surface area (Å²) in [4.78, 5) is 1.85. The molecule has 0 aromatic carbocycles. The molecule has 1 aliphatic heterocycles. The molecule has 2 rings (SSSR count). The Bertz CT molecular complexity index is 397. The van der Waals surface area contributed by atoms with Crippen LogP contribution in [-0.2, 0) is 6.42 Å². The van der Waals surface area contributed by atoms with Crippen LogP contribution in [0.1, 0.15) is 30.9 Å². The van der Waals surface area contributed by atoms with Crippen molar-refractivity contribution in [1.82, 2.24) is 10.2 Å². The molecule has 0 amide bonds. The standard InChI is InChI=1S/C13H19F3N2O/c1-2-10-3-4-12(19-10)11(9-13(14,15)16)18-7-5-17-6-8-18/h3-4,11,17H,2,5-9H2,1H3/t11-/m1/s1. The Morgan fingerprint density at radius 2 is 2.00 bits per heavy atom. The molecule has 0 aliphatic carbocycles. The molecule has 1 aromatic heterocycles. The number of furan rings is 1. The summed E-state index contributed by atoms with van der Waals surface area (Å²) >= 11 is 0. The van der Waals surface area contributed by atoms with Crippen LogP contribution in [0.2, 0.25) is 0 Å². The number of aryl methyl sites for hydroxylation is 1. The summed E-state index contributed by atoms with van der Waals surface area (Å²) in [6, 6.07) is 2.74. The van der Waals surface area contributed by atoms with Gasteiger partial charge in [-0.2, -0.15) is 13.2 Å². The van der Waals surface area contributed by atoms with Gasteiger partial charge in [-0.1, -0.05) is 6.92 Å². The zero-order valence-electron chi connectivity index (χ0n) is 11.0. The normalized spacial score (nSPS) is 19.6. The van der Waals surface area contributed by atoms with Crippen molar-refractivity contribution in [3.63, 3.8) is 0 Å². The number of halogens is 3. The monoisotopic (exact) mass is 276 g/mol. The van der Waals surface area contributed by atoms with Gasteiger partial charge in [0.25, 0.3) is 0 Å². The van der Waals surface area contributed by atoms with Crippen molar-refractivity contribution in [1.29, 1.82) is 0 Å². The summed E-state index contributed by atoms with van der Waals surface area (Å²) in [7, 11) is 0. The van der Waals surface area contributed by atoms with Gasteiger partial charge < -0.3 is 9.73 Å². The third-order valence-corrected chi connectivity index (χ3v) is 3.38. The minimum Gasteiger partial charge on any atom is -0.464 e. The predicted octanol–water partition coefficient (Wildman–Crippen LogP) is 2.74. The van der Waals surface area contributed by atoms with Crippen molar-refractivity contribution in [2.24, 2.45) is 0 Å². The third-order valence-electron chi connectivity index (χ3n) is 3.38. The maximum absolute atomic E-state index is 12.8. The number of nitrogens with zero attached hydrogens (tertiary/aromatic N) is 1. The lowest BCUT2D eigenvalue weighted by molar-refractivity contribution is -0.150. The number of nitrogens with one attached hydrogen (secondary N) is 1. The van der Waals surface area contributed by atoms with E-state index in [1.807, 2.05) is 11.8 Å². The maximum atomic E-state index is 12.8. The first-order valence-corrected chi connectivity index (χ1v) is 6.59. The summed E-state index contributed by atoms with van der Waals surface area (Å²) < 4.78 is 43.8. The largest absolute Gasteiger partial charge is 0.464 e. The van der Waals surface area contributed by atoms with Crippen LogP contribution < -0.4 is 5.32 Å². The zero-order valence-corrected chi connectivity index (χ0v) is 11.0. The van der Waals surface area contributed by atoms with E-state index in [1.54, 1.807) is 12.1 Å². The summed E-state index contributed by atoms with van der Waals surface area (Å²) in [5.41, 5.74) is 0. The molecule has 0 unspecified atom stereocenters. The Morgan fingerprint density at radius 1 is 1.32 bits per heavy atom. The minimum atomic E-state index is -4.19. The number of hydrogen-bond acceptors (Lipinski definition) is 3. The van der Waals surface area contributed by atoms with Gasteiger partial charge in [0.1, 0.15) is 11.5 Å². The summed E-state index contributed by atoms with van der Waals surface area (Å²) in [5.74, 6) is 1.16. The topological polar surface area (TPSA) is 28.4 Å². The molecule has 19 heavy (non-hydrogen) atoms. The molecule has 0 saturated carbocycles. The molecule has 0 spiro atoms. The Balaban J connectivity index is 2.17. The van der Waals surface area contributed by atoms with E-state index in [9.17, 15) is 13.2 Å². The second-order valence-electron chi connectivity index (χ2n) is 4.78. The quantitative estimate of drug-likeness (QED) is 0.916. The Hall–Kier alpha value is -1.01. The maximum Gasteiger partial charge on any atom is 0.391 e. The van der Waals surface area contributed by atoms with Gasteiger partial charge >= 0.3 is 6.18 Å². The molecule has 1 saturated heterocycles. The number of rotatable bonds is 4. The Labute approximate surface area is 110 Å². The predicted molar refractivity (Wildman–Crippen MR) is 65.9 cm³/mol. The highest BCUT2D eigenvalue weighted by atomic mass is 19.4. The molecule has 108 valence electrons. The number of hydrogen-bond donors (Lipinski definition) is 1. The van der Waals surface area contributed by atoms with E-state index in [1.165, 1.54) is 0 Å². The summed E-state index contributed by atoms with van der Waals surface area (Å²) in [6.45, 7) is 4.59. The van der Waals surface area contributed by atoms with E-state index in [4.69, 9.17) is 4.42 Å². The van der Waals surface area contributed by atoms with Crippen molar-refractivity contribution in [3.05, 3.63) is 23.7 Å². The fraction of sp³-hybridized carbons (Fsp3) is 0.692. The highest BCUT2D eigenvalue weighted by Crippen LogP contribution is 2.34. The van der Waals surface area contributed by atoms with Crippen LogP contribution in [0.4, 0.5) is 13.2 Å². The van der Waals surface area contributed by atoms with Crippen molar-refractivity contribution in [3.8, 4) is 0 Å². The smallest absolute Gasteiger partial charge is 0.391 e. The lowest BCUT2D eigenvalue weighted by Crippen LogP contribution is -2.46. The van der Waals surface area contributed by atoms with Gasteiger partial charge in [-0.15, -0.1) is 0 Å². The fourth-order valence-electron chi connectivity index (χ4n) is 2.39. The first kappa shape index (κ1) is 14.4. The first-order valence-electron chi connectivity index (χ1n) is 6.59. The van der Waals surface area contributed by atoms with Crippen LogP contribution in [0.3, 0.4) is 0 Å². The van der Waals surface area contributed by atoms with Gasteiger partial charge in [0.05, 0.1) is 12.5 Å². The van der Waals surface area contributed by atoms with Crippen LogP contribution >= 0.6 is 0 Å². The van der Waals surface area contributed by atoms with Gasteiger partial charge in [-0.25, -0.2) is 0 Å². The number of alkyl halides is 3. The van der Waals surface area contributed by atoms with Gasteiger partial charge in [-0.3, -0.25) is 4.90 Å². The molecule has 3 nitrogen and oxygen atoms in total. The SMILES string of the molecule is CCc1ccc([C@@H](CC(F)(F)F)N2CCNCC2)o1. The Morgan fingerprint density at radius 3 is 2.53 bits per heavy atom. The molecular weight excluding hydrogens is 257 g/mol. The third kappa shape index (κ3) is 3.98. The first-order chi connectivity index (χ1) is 8.99. The molecule has 1 atom stereocenters. The fourth-order valence-corrected chi connectivity index (χ4v) is 2.39. The van der Waals surface area contributed by atoms with E-state index >= 15 is 0 Å². The molecule has 1 aliphatic rings. The van der Waals surface area contributed by atoms with Crippen LogP contribution in [0.15, 0.2) is 16.5 Å². The second kappa shape index (κ2) is 5.96. The van der Waals surface area contributed by atoms with Crippen LogP contribution in [-0.4, -0.2) is 37.3 Å². The van der Waals surface area contributed by atoms with E-state index in [0.29, 0.717) is 25.3 Å². The van der Waals surface area contributed by atoms with Gasteiger partial charge in [0.2, 0.25) is 0 Å². The van der Waals surface area contributed by atoms with Crippen LogP contribution in [0.25, 0.3) is 0 Å². The number of piperazine rings is 1. The van der Waals surface area contributed by atoms with E-state index in [-0.39, 0.29) is 0 Å². The van der Waals surface area contributed by atoms with Crippen molar-refractivity contribution < 1.29 is 17.6 Å². The average molecular weight is 276 g/mol. The van der Waals surface area contributed by atoms with E-state index in [0.717, 1.165) is 18.8 Å². The van der Waals surface area contributed by atoms with Gasteiger partial charge in [0, 0.05) is 32.6 Å². The average Bonchev–Trinajstić information content (AvgIpc) is 2.84.